The zero-order valence-corrected chi connectivity index (χ0v) is 14.1. The Morgan fingerprint density at radius 3 is 0.368 bits per heavy atom. The molecule has 0 aliphatic rings. The van der Waals surface area contributed by atoms with E-state index in [1.54, 1.807) is 36.4 Å². The van der Waals surface area contributed by atoms with E-state index in [-0.39, 0.29) is 21.1 Å². The van der Waals surface area contributed by atoms with Crippen LogP contribution in [0.15, 0.2) is 0 Å². The third-order valence-corrected chi connectivity index (χ3v) is 0. The van der Waals surface area contributed by atoms with Crippen molar-refractivity contribution >= 4 is 0 Å². The van der Waals surface area contributed by atoms with Crippen molar-refractivity contribution in [2.45, 2.75) is 41.5 Å². The van der Waals surface area contributed by atoms with Gasteiger partial charge in [-0.05, 0) is 0 Å². The van der Waals surface area contributed by atoms with E-state index in [1.807, 2.05) is 0 Å². The maximum Gasteiger partial charge on any atom is 0.0587 e. The Kier molecular flexibility index (Phi) is 586. The molecule has 0 aliphatic carbocycles. The van der Waals surface area contributed by atoms with Crippen LogP contribution in [0, 0.1) is 68.0 Å². The Balaban J connectivity index is -0.0000000180. The third kappa shape index (κ3) is 516. The molecule has 102 valence electrons. The van der Waals surface area contributed by atoms with Gasteiger partial charge in [0.05, 0.1) is 36.4 Å². The van der Waals surface area contributed by atoms with Crippen molar-refractivity contribution in [2.24, 2.45) is 0 Å². The van der Waals surface area contributed by atoms with Gasteiger partial charge < -0.3 is 0 Å². The number of hydrogen-bond donors (Lipinski definition) is 0. The Hall–Kier alpha value is -2.37. The van der Waals surface area contributed by atoms with Crippen molar-refractivity contribution in [1.82, 2.24) is 0 Å². The van der Waals surface area contributed by atoms with Gasteiger partial charge >= 0.3 is 0 Å². The molecule has 0 aromatic heterocycles. The van der Waals surface area contributed by atoms with E-state index >= 15 is 0 Å². The fourth-order valence-electron chi connectivity index (χ4n) is 0. The first kappa shape index (κ1) is 43.8. The summed E-state index contributed by atoms with van der Waals surface area (Å²) in [7, 11) is 0. The Morgan fingerprint density at radius 2 is 0.368 bits per heavy atom. The van der Waals surface area contributed by atoms with Crippen molar-refractivity contribution in [3.63, 3.8) is 0 Å². The maximum atomic E-state index is 7.32. The number of hydrogen-bond acceptors (Lipinski definition) is 6. The first-order valence-electron chi connectivity index (χ1n) is 4.34. The smallest absolute Gasteiger partial charge is 0.0587 e. The number of rotatable bonds is 0. The zero-order chi connectivity index (χ0) is 16.2. The zero-order valence-electron chi connectivity index (χ0n) is 12.1. The molecule has 0 aromatic carbocycles. The van der Waals surface area contributed by atoms with Crippen LogP contribution in [-0.4, -0.2) is 0 Å². The van der Waals surface area contributed by atoms with E-state index in [2.05, 4.69) is 0 Å². The molecule has 0 aliphatic heterocycles. The molecule has 0 rings (SSSR count). The number of nitriles is 6. The van der Waals surface area contributed by atoms with Crippen molar-refractivity contribution in [3.05, 3.63) is 0 Å². The van der Waals surface area contributed by atoms with Crippen LogP contribution < -0.4 is 0 Å². The molecule has 0 saturated heterocycles. The molecule has 6 nitrogen and oxygen atoms in total. The second kappa shape index (κ2) is 254. The van der Waals surface area contributed by atoms with Gasteiger partial charge in [-0.15, -0.1) is 0 Å². The maximum absolute atomic E-state index is 7.32. The average Bonchev–Trinajstić information content (AvgIpc) is 2.23. The molecular weight excluding hydrogens is 324 g/mol. The summed E-state index contributed by atoms with van der Waals surface area (Å²) >= 11 is 0. The van der Waals surface area contributed by atoms with Crippen LogP contribution in [0.5, 0.6) is 0 Å². The normalized spacial score (nSPS) is 2.53. The van der Waals surface area contributed by atoms with E-state index in [1.165, 1.54) is 41.5 Å². The summed E-state index contributed by atoms with van der Waals surface area (Å²) in [4.78, 5) is 0. The largest absolute Gasteiger partial charge is 0.199 e. The molecule has 0 N–H and O–H groups in total. The van der Waals surface area contributed by atoms with Crippen LogP contribution in [0.3, 0.4) is 0 Å². The summed E-state index contributed by atoms with van der Waals surface area (Å²) in [5, 5.41) is 43.9. The molecule has 0 bridgehead atoms. The Labute approximate surface area is 131 Å². The van der Waals surface area contributed by atoms with Crippen molar-refractivity contribution in [2.75, 3.05) is 0 Å². The fourth-order valence-corrected chi connectivity index (χ4v) is 0. The topological polar surface area (TPSA) is 143 Å². The van der Waals surface area contributed by atoms with Gasteiger partial charge in [-0.3, -0.25) is 0 Å². The summed E-state index contributed by atoms with van der Waals surface area (Å²) in [5.74, 6) is 0. The molecule has 19 heavy (non-hydrogen) atoms. The van der Waals surface area contributed by atoms with Gasteiger partial charge in [0.1, 0.15) is 0 Å². The van der Waals surface area contributed by atoms with Gasteiger partial charge in [-0.2, -0.15) is 31.6 Å². The first-order valence-corrected chi connectivity index (χ1v) is 4.34. The molecule has 7 heteroatoms. The van der Waals surface area contributed by atoms with Crippen LogP contribution in [0.1, 0.15) is 41.5 Å². The first-order chi connectivity index (χ1) is 8.49. The third-order valence-electron chi connectivity index (χ3n) is 0. The quantitative estimate of drug-likeness (QED) is 0.618. The summed E-state index contributed by atoms with van der Waals surface area (Å²) in [6.07, 6.45) is 0. The molecular formula is C12H18MoN6. The van der Waals surface area contributed by atoms with Crippen LogP contribution in [0.25, 0.3) is 0 Å². The summed E-state index contributed by atoms with van der Waals surface area (Å²) in [5.41, 5.74) is 0. The van der Waals surface area contributed by atoms with Crippen LogP contribution in [0.4, 0.5) is 0 Å². The van der Waals surface area contributed by atoms with E-state index in [4.69, 9.17) is 31.6 Å². The molecule has 0 amide bonds. The molecule has 0 saturated carbocycles. The molecule has 0 heterocycles. The van der Waals surface area contributed by atoms with Crippen LogP contribution in [-0.2, 0) is 21.1 Å². The molecule has 0 atom stereocenters. The van der Waals surface area contributed by atoms with Gasteiger partial charge in [0.2, 0.25) is 0 Å². The average molecular weight is 342 g/mol. The second-order valence-electron chi connectivity index (χ2n) is 1.34. The van der Waals surface area contributed by atoms with Gasteiger partial charge in [-0.25, -0.2) is 0 Å². The van der Waals surface area contributed by atoms with Gasteiger partial charge in [0.15, 0.2) is 0 Å². The summed E-state index contributed by atoms with van der Waals surface area (Å²) in [6.45, 7) is 8.58. The van der Waals surface area contributed by atoms with Gasteiger partial charge in [0, 0.05) is 62.6 Å². The van der Waals surface area contributed by atoms with E-state index in [9.17, 15) is 0 Å². The van der Waals surface area contributed by atoms with E-state index in [0.29, 0.717) is 0 Å². The Bertz CT molecular complexity index is 244. The Morgan fingerprint density at radius 1 is 0.368 bits per heavy atom. The second-order valence-corrected chi connectivity index (χ2v) is 1.34. The predicted octanol–water partition coefficient (Wildman–Crippen LogP) is 3.18. The van der Waals surface area contributed by atoms with Gasteiger partial charge in [-0.1, -0.05) is 0 Å². The monoisotopic (exact) mass is 344 g/mol. The van der Waals surface area contributed by atoms with Gasteiger partial charge in [0.25, 0.3) is 0 Å². The van der Waals surface area contributed by atoms with Crippen molar-refractivity contribution < 1.29 is 21.1 Å². The van der Waals surface area contributed by atoms with Crippen LogP contribution >= 0.6 is 0 Å². The molecule has 0 radical (unpaired) electrons. The summed E-state index contributed by atoms with van der Waals surface area (Å²) in [6, 6.07) is 10.5. The van der Waals surface area contributed by atoms with E-state index < -0.39 is 0 Å². The molecule has 0 spiro atoms. The SMILES string of the molecule is CC#N.CC#N.CC#N.CC#N.CC#N.CC#N.[Mo]. The molecule has 0 fully saturated rings. The minimum absolute atomic E-state index is 0. The van der Waals surface area contributed by atoms with Crippen LogP contribution in [0.2, 0.25) is 0 Å². The molecule has 0 unspecified atom stereocenters. The van der Waals surface area contributed by atoms with Crippen molar-refractivity contribution in [3.8, 4) is 36.4 Å². The molecule has 0 aromatic rings. The minimum atomic E-state index is 0. The van der Waals surface area contributed by atoms with E-state index in [0.717, 1.165) is 0 Å². The fraction of sp³-hybridized carbons (Fsp3) is 0.500. The summed E-state index contributed by atoms with van der Waals surface area (Å²) < 4.78 is 0. The minimum Gasteiger partial charge on any atom is -0.199 e. The standard InChI is InChI=1S/6C2H3N.Mo/c6*1-2-3;/h6*1H3;. The van der Waals surface area contributed by atoms with Crippen molar-refractivity contribution in [1.29, 1.82) is 31.6 Å². The predicted molar refractivity (Wildman–Crippen MR) is 67.7 cm³/mol. The number of nitrogens with zero attached hydrogens (tertiary/aromatic N) is 6.